The first kappa shape index (κ1) is 81.2. The number of aromatic nitrogens is 4. The molecule has 7 N–H and O–H groups in total. The molecule has 1 unspecified atom stereocenters. The summed E-state index contributed by atoms with van der Waals surface area (Å²) in [7, 11) is 3.52. The topological polar surface area (TPSA) is 345 Å². The molecule has 3 rings (SSSR count). The van der Waals surface area contributed by atoms with Crippen LogP contribution in [0.15, 0.2) is 40.2 Å². The summed E-state index contributed by atoms with van der Waals surface area (Å²) in [5.41, 5.74) is 0.209. The Balaban J connectivity index is 1.25. The van der Waals surface area contributed by atoms with Crippen LogP contribution in [0, 0.1) is 0 Å². The number of fused-ring (bicyclic) bond motifs is 1. The Labute approximate surface area is 556 Å². The average Bonchev–Trinajstić information content (AvgIpc) is 0.818. The number of H-pyrrole nitrogens is 1. The Morgan fingerprint density at radius 2 is 1.11 bits per heavy atom. The van der Waals surface area contributed by atoms with E-state index in [1.165, 1.54) is 170 Å². The summed E-state index contributed by atoms with van der Waals surface area (Å²) in [5.74, 6) is -4.56. The number of nitrogens with zero attached hydrogens (tertiary/aromatic N) is 6. The van der Waals surface area contributed by atoms with Crippen molar-refractivity contribution in [1.29, 1.82) is 0 Å². The summed E-state index contributed by atoms with van der Waals surface area (Å²) in [6.45, 7) is 7.29. The fraction of sp³-hybridized carbons (Fsp3) is 0.706. The first-order chi connectivity index (χ1) is 45.6. The lowest BCUT2D eigenvalue weighted by Crippen LogP contribution is -2.42. The van der Waals surface area contributed by atoms with Gasteiger partial charge in [-0.3, -0.25) is 33.8 Å². The summed E-state index contributed by atoms with van der Waals surface area (Å²) >= 11 is 0. The molecule has 0 aliphatic carbocycles. The van der Waals surface area contributed by atoms with Crippen LogP contribution < -0.4 is 31.7 Å². The molecular formula is C68H111N11O15. The number of unbranched alkanes of at least 4 members (excludes halogenated alkanes) is 22. The molecule has 0 aliphatic rings. The summed E-state index contributed by atoms with van der Waals surface area (Å²) in [5, 5.41) is 30.1. The number of aliphatic imine (C=N–C) groups is 1. The normalized spacial score (nSPS) is 12.3. The van der Waals surface area contributed by atoms with Crippen LogP contribution in [-0.4, -0.2) is 188 Å². The van der Waals surface area contributed by atoms with Crippen molar-refractivity contribution in [3.05, 3.63) is 52.1 Å². The van der Waals surface area contributed by atoms with Gasteiger partial charge in [0.15, 0.2) is 11.2 Å². The molecule has 0 saturated carbocycles. The van der Waals surface area contributed by atoms with Crippen LogP contribution in [0.1, 0.15) is 216 Å². The number of ether oxygens (including phenoxy) is 5. The molecule has 0 radical (unpaired) electrons. The van der Waals surface area contributed by atoms with E-state index < -0.39 is 47.3 Å². The van der Waals surface area contributed by atoms with Gasteiger partial charge in [0, 0.05) is 70.9 Å². The minimum atomic E-state index is -1.38. The lowest BCUT2D eigenvalue weighted by atomic mass is 10.1. The number of carbonyl (C=O) groups is 7. The molecule has 1 aromatic carbocycles. The molecule has 26 nitrogen and oxygen atoms in total. The predicted octanol–water partition coefficient (Wildman–Crippen LogP) is 8.89. The number of nitrogens with one attached hydrogen (secondary N) is 5. The van der Waals surface area contributed by atoms with E-state index >= 15 is 0 Å². The molecule has 528 valence electrons. The number of hydrogen-bond acceptors (Lipinski definition) is 17. The van der Waals surface area contributed by atoms with Gasteiger partial charge in [-0.1, -0.05) is 155 Å². The van der Waals surface area contributed by atoms with E-state index in [9.17, 15) is 48.6 Å². The van der Waals surface area contributed by atoms with Gasteiger partial charge in [0.2, 0.25) is 30.1 Å². The first-order valence-corrected chi connectivity index (χ1v) is 34.4. The Bertz CT molecular complexity index is 2680. The lowest BCUT2D eigenvalue weighted by Gasteiger charge is -2.19. The van der Waals surface area contributed by atoms with E-state index in [4.69, 9.17) is 23.7 Å². The molecule has 0 spiro atoms. The SMILES string of the molecule is CCCCCCCCCCCCCCOCC(CNC(=O)CC[C@H](NC(=O)CCOCCOCCOCCNC(=O)CC[C@H](NC(=O)c1ccc(N(C=O)Cc2cnc3nc(N=CN(C)C)[nH]c(=O)c3n2)cc1)C(=O)O)C(=O)O)OCCCCCCCCCCCCCC. The molecule has 0 bridgehead atoms. The minimum Gasteiger partial charge on any atom is -0.480 e. The van der Waals surface area contributed by atoms with Crippen LogP contribution in [0.25, 0.3) is 11.2 Å². The van der Waals surface area contributed by atoms with Gasteiger partial charge in [0.25, 0.3) is 11.5 Å². The second-order valence-corrected chi connectivity index (χ2v) is 23.9. The maximum Gasteiger partial charge on any atom is 0.326 e. The molecule has 0 saturated heterocycles. The van der Waals surface area contributed by atoms with E-state index in [1.54, 1.807) is 19.0 Å². The smallest absolute Gasteiger partial charge is 0.326 e. The van der Waals surface area contributed by atoms with Crippen molar-refractivity contribution < 1.29 is 67.5 Å². The maximum absolute atomic E-state index is 13.0. The third-order valence-corrected chi connectivity index (χ3v) is 15.5. The number of carbonyl (C=O) groups excluding carboxylic acids is 5. The van der Waals surface area contributed by atoms with Gasteiger partial charge in [-0.2, -0.15) is 4.98 Å². The summed E-state index contributed by atoms with van der Waals surface area (Å²) in [6, 6.07) is 3.13. The number of aliphatic carboxylic acids is 2. The number of carboxylic acids is 2. The summed E-state index contributed by atoms with van der Waals surface area (Å²) in [4.78, 5) is 122. The molecule has 0 aliphatic heterocycles. The Hall–Kier alpha value is -7.00. The molecule has 3 aromatic rings. The molecule has 0 fully saturated rings. The summed E-state index contributed by atoms with van der Waals surface area (Å²) < 4.78 is 28.7. The van der Waals surface area contributed by atoms with Crippen LogP contribution in [0.4, 0.5) is 11.6 Å². The van der Waals surface area contributed by atoms with Crippen LogP contribution in [-0.2, 0) is 59.0 Å². The number of carboxylic acid groups (broad SMARTS) is 2. The second kappa shape index (κ2) is 52.3. The van der Waals surface area contributed by atoms with Gasteiger partial charge in [-0.25, -0.2) is 24.5 Å². The van der Waals surface area contributed by atoms with Crippen LogP contribution >= 0.6 is 0 Å². The summed E-state index contributed by atoms with van der Waals surface area (Å²) in [6.07, 6.45) is 32.5. The quantitative estimate of drug-likeness (QED) is 0.0120. The van der Waals surface area contributed by atoms with Gasteiger partial charge >= 0.3 is 11.9 Å². The number of anilines is 1. The van der Waals surface area contributed by atoms with Crippen molar-refractivity contribution in [3.8, 4) is 0 Å². The Morgan fingerprint density at radius 1 is 0.596 bits per heavy atom. The maximum atomic E-state index is 13.0. The van der Waals surface area contributed by atoms with Crippen LogP contribution in [0.5, 0.6) is 0 Å². The average molecular weight is 1320 g/mol. The van der Waals surface area contributed by atoms with Crippen LogP contribution in [0.3, 0.4) is 0 Å². The molecule has 26 heteroatoms. The highest BCUT2D eigenvalue weighted by atomic mass is 16.5. The largest absolute Gasteiger partial charge is 0.480 e. The molecule has 3 atom stereocenters. The Morgan fingerprint density at radius 3 is 1.65 bits per heavy atom. The minimum absolute atomic E-state index is 0.0173. The molecular weight excluding hydrogens is 1210 g/mol. The lowest BCUT2D eigenvalue weighted by molar-refractivity contribution is -0.142. The number of aromatic amines is 1. The third-order valence-electron chi connectivity index (χ3n) is 15.5. The number of rotatable bonds is 60. The van der Waals surface area contributed by atoms with Crippen molar-refractivity contribution in [2.24, 2.45) is 4.99 Å². The highest BCUT2D eigenvalue weighted by Crippen LogP contribution is 2.19. The molecule has 5 amide bonds. The van der Waals surface area contributed by atoms with E-state index in [0.29, 0.717) is 31.9 Å². The highest BCUT2D eigenvalue weighted by molar-refractivity contribution is 5.97. The third kappa shape index (κ3) is 39.0. The Kier molecular flexibility index (Phi) is 45.2. The van der Waals surface area contributed by atoms with E-state index in [1.807, 2.05) is 0 Å². The zero-order valence-electron chi connectivity index (χ0n) is 56.6. The van der Waals surface area contributed by atoms with E-state index in [-0.39, 0.29) is 132 Å². The highest BCUT2D eigenvalue weighted by Gasteiger charge is 2.24. The van der Waals surface area contributed by atoms with Gasteiger partial charge in [-0.05, 0) is 49.9 Å². The molecule has 2 aromatic heterocycles. The fourth-order valence-corrected chi connectivity index (χ4v) is 9.98. The first-order valence-electron chi connectivity index (χ1n) is 34.4. The van der Waals surface area contributed by atoms with Gasteiger partial charge in [0.05, 0.1) is 77.1 Å². The van der Waals surface area contributed by atoms with E-state index in [2.05, 4.69) is 60.0 Å². The van der Waals surface area contributed by atoms with Crippen molar-refractivity contribution in [1.82, 2.24) is 46.1 Å². The van der Waals surface area contributed by atoms with Crippen molar-refractivity contribution in [2.45, 2.75) is 225 Å². The van der Waals surface area contributed by atoms with Gasteiger partial charge in [-0.15, -0.1) is 0 Å². The fourth-order valence-electron chi connectivity index (χ4n) is 9.98. The molecule has 2 heterocycles. The van der Waals surface area contributed by atoms with Crippen molar-refractivity contribution in [2.75, 3.05) is 91.5 Å². The van der Waals surface area contributed by atoms with Crippen LogP contribution in [0.2, 0.25) is 0 Å². The number of benzene rings is 1. The van der Waals surface area contributed by atoms with Crippen molar-refractivity contribution in [3.63, 3.8) is 0 Å². The number of amides is 5. The monoisotopic (exact) mass is 1320 g/mol. The standard InChI is InChI=1S/C68H111N11O15/c1-5-7-9-11-13-15-17-19-21-23-25-27-39-93-50-56(94-40-28-26-24-22-20-18-16-14-12-10-8-6-2)48-70-60(82)36-33-57(66(86)87)74-61(83)37-41-90-43-45-92-46-44-91-42-38-69-59(81)35-34-58(67(88)89)75-64(84)53-29-31-55(32-30-53)79(52-80)49-54-47-71-63-62(73-54)65(85)77-68(76-63)72-51-78(3)4/h29-32,47,51-52,56-58H,5-28,33-46,48-50H2,1-4H3,(H,69,81)(H,70,82)(H,74,83)(H,75,84)(H,86,87)(H,88,89)(H,71,76,77,85)/t56?,57-,58-/m0/s1. The van der Waals surface area contributed by atoms with Crippen molar-refractivity contribution >= 4 is 71.1 Å². The van der Waals surface area contributed by atoms with E-state index in [0.717, 1.165) is 25.7 Å². The van der Waals surface area contributed by atoms with Gasteiger partial charge < -0.3 is 65.0 Å². The molecule has 94 heavy (non-hydrogen) atoms. The zero-order chi connectivity index (χ0) is 68.2. The van der Waals surface area contributed by atoms with Gasteiger partial charge in [0.1, 0.15) is 12.1 Å². The predicted molar refractivity (Wildman–Crippen MR) is 361 cm³/mol. The zero-order valence-corrected chi connectivity index (χ0v) is 56.6. The second-order valence-electron chi connectivity index (χ2n) is 23.9. The number of hydrogen-bond donors (Lipinski definition) is 7.